The van der Waals surface area contributed by atoms with Crippen molar-refractivity contribution < 1.29 is 19.8 Å². The molecule has 4 N–H and O–H groups in total. The summed E-state index contributed by atoms with van der Waals surface area (Å²) in [5.74, 6) is -3.96. The highest BCUT2D eigenvalue weighted by molar-refractivity contribution is 5.82. The summed E-state index contributed by atoms with van der Waals surface area (Å²) in [5, 5.41) is 16.4. The molecule has 2 atom stereocenters. The first-order chi connectivity index (χ1) is 4.46. The first-order valence-corrected chi connectivity index (χ1v) is 2.51. The van der Waals surface area contributed by atoms with E-state index in [-0.39, 0.29) is 0 Å². The standard InChI is InChI=1S/C5H8NO4/c1-2(4(7)8)3(6)5(9)10/h2-3H,1,6H2,(H,7,8)(H,9,10)/t2-,3-/m0/s1. The smallest absolute Gasteiger partial charge is 0.321 e. The molecule has 0 aromatic carbocycles. The quantitative estimate of drug-likeness (QED) is 0.470. The minimum Gasteiger partial charge on any atom is -0.481 e. The zero-order valence-corrected chi connectivity index (χ0v) is 5.15. The molecular formula is C5H8NO4. The minimum atomic E-state index is -1.43. The van der Waals surface area contributed by atoms with Crippen LogP contribution in [0.1, 0.15) is 0 Å². The Hall–Kier alpha value is -1.10. The molecule has 1 radical (unpaired) electrons. The molecule has 0 amide bonds. The van der Waals surface area contributed by atoms with Crippen molar-refractivity contribution in [3.05, 3.63) is 6.92 Å². The van der Waals surface area contributed by atoms with Gasteiger partial charge in [-0.3, -0.25) is 9.59 Å². The van der Waals surface area contributed by atoms with Crippen LogP contribution >= 0.6 is 0 Å². The topological polar surface area (TPSA) is 101 Å². The zero-order valence-electron chi connectivity index (χ0n) is 5.15. The van der Waals surface area contributed by atoms with Gasteiger partial charge < -0.3 is 15.9 Å². The van der Waals surface area contributed by atoms with Crippen molar-refractivity contribution >= 4 is 11.9 Å². The van der Waals surface area contributed by atoms with E-state index in [0.29, 0.717) is 0 Å². The molecule has 5 heteroatoms. The van der Waals surface area contributed by atoms with Crippen LogP contribution in [0.4, 0.5) is 0 Å². The van der Waals surface area contributed by atoms with Gasteiger partial charge in [-0.2, -0.15) is 0 Å². The highest BCUT2D eigenvalue weighted by atomic mass is 16.4. The molecule has 0 heterocycles. The summed E-state index contributed by atoms with van der Waals surface area (Å²) in [4.78, 5) is 20.1. The molecule has 0 aliphatic rings. The van der Waals surface area contributed by atoms with E-state index in [9.17, 15) is 9.59 Å². The van der Waals surface area contributed by atoms with Crippen molar-refractivity contribution in [1.29, 1.82) is 0 Å². The number of hydrogen-bond donors (Lipinski definition) is 3. The minimum absolute atomic E-state index is 1.29. The second kappa shape index (κ2) is 3.17. The van der Waals surface area contributed by atoms with Crippen molar-refractivity contribution in [2.75, 3.05) is 0 Å². The average molecular weight is 146 g/mol. The molecule has 0 aliphatic carbocycles. The zero-order chi connectivity index (χ0) is 8.31. The largest absolute Gasteiger partial charge is 0.481 e. The molecule has 57 valence electrons. The summed E-state index contributed by atoms with van der Waals surface area (Å²) >= 11 is 0. The van der Waals surface area contributed by atoms with Crippen LogP contribution in [0.2, 0.25) is 0 Å². The second-order valence-corrected chi connectivity index (χ2v) is 1.81. The highest BCUT2D eigenvalue weighted by Crippen LogP contribution is 1.98. The highest BCUT2D eigenvalue weighted by Gasteiger charge is 2.25. The van der Waals surface area contributed by atoms with Crippen LogP contribution in [0.5, 0.6) is 0 Å². The number of carbonyl (C=O) groups is 2. The Morgan fingerprint density at radius 3 is 1.80 bits per heavy atom. The van der Waals surface area contributed by atoms with Gasteiger partial charge in [-0.15, -0.1) is 0 Å². The van der Waals surface area contributed by atoms with Gasteiger partial charge in [0.1, 0.15) is 6.04 Å². The molecular weight excluding hydrogens is 138 g/mol. The summed E-state index contributed by atoms with van der Waals surface area (Å²) in [6, 6.07) is -1.43. The molecule has 0 saturated heterocycles. The van der Waals surface area contributed by atoms with E-state index in [4.69, 9.17) is 15.9 Å². The van der Waals surface area contributed by atoms with Crippen molar-refractivity contribution in [2.24, 2.45) is 11.7 Å². The molecule has 0 aliphatic heterocycles. The van der Waals surface area contributed by atoms with E-state index in [0.717, 1.165) is 0 Å². The molecule has 0 rings (SSSR count). The Kier molecular flexibility index (Phi) is 2.82. The number of nitrogens with two attached hydrogens (primary N) is 1. The maximum absolute atomic E-state index is 10.0. The summed E-state index contributed by atoms with van der Waals surface area (Å²) in [6.07, 6.45) is 0. The van der Waals surface area contributed by atoms with Gasteiger partial charge in [-0.05, 0) is 6.92 Å². The maximum Gasteiger partial charge on any atom is 0.321 e. The van der Waals surface area contributed by atoms with Crippen molar-refractivity contribution in [3.8, 4) is 0 Å². The molecule has 10 heavy (non-hydrogen) atoms. The van der Waals surface area contributed by atoms with Gasteiger partial charge in [0.2, 0.25) is 0 Å². The van der Waals surface area contributed by atoms with Crippen LogP contribution in [0.15, 0.2) is 0 Å². The molecule has 0 aromatic rings. The number of carboxylic acids is 2. The van der Waals surface area contributed by atoms with Gasteiger partial charge in [0.05, 0.1) is 5.92 Å². The Bertz CT molecular complexity index is 138. The monoisotopic (exact) mass is 146 g/mol. The SMILES string of the molecule is [CH2][C@H](C(=O)O)[C@H](N)C(=O)O. The molecule has 5 nitrogen and oxygen atoms in total. The number of carboxylic acid groups (broad SMARTS) is 2. The molecule has 0 spiro atoms. The lowest BCUT2D eigenvalue weighted by Crippen LogP contribution is -2.40. The van der Waals surface area contributed by atoms with Crippen LogP contribution in [0.3, 0.4) is 0 Å². The van der Waals surface area contributed by atoms with Crippen LogP contribution < -0.4 is 5.73 Å². The van der Waals surface area contributed by atoms with Crippen LogP contribution in [-0.2, 0) is 9.59 Å². The lowest BCUT2D eigenvalue weighted by molar-refractivity contribution is -0.148. The predicted molar refractivity (Wildman–Crippen MR) is 32.1 cm³/mol. The van der Waals surface area contributed by atoms with E-state index < -0.39 is 23.9 Å². The van der Waals surface area contributed by atoms with Crippen molar-refractivity contribution in [1.82, 2.24) is 0 Å². The van der Waals surface area contributed by atoms with E-state index in [1.165, 1.54) is 0 Å². The van der Waals surface area contributed by atoms with Gasteiger partial charge >= 0.3 is 11.9 Å². The fourth-order valence-electron chi connectivity index (χ4n) is 0.326. The first-order valence-electron chi connectivity index (χ1n) is 2.51. The molecule has 0 aromatic heterocycles. The fourth-order valence-corrected chi connectivity index (χ4v) is 0.326. The Balaban J connectivity index is 4.07. The van der Waals surface area contributed by atoms with Gasteiger partial charge in [0.25, 0.3) is 0 Å². The molecule has 0 saturated carbocycles. The third-order valence-corrected chi connectivity index (χ3v) is 1.04. The second-order valence-electron chi connectivity index (χ2n) is 1.81. The van der Waals surface area contributed by atoms with Crippen LogP contribution in [0.25, 0.3) is 0 Å². The third-order valence-electron chi connectivity index (χ3n) is 1.04. The Morgan fingerprint density at radius 2 is 1.70 bits per heavy atom. The average Bonchev–Trinajstić information content (AvgIpc) is 1.84. The molecule has 0 bridgehead atoms. The van der Waals surface area contributed by atoms with E-state index in [1.807, 2.05) is 0 Å². The Labute approximate surface area is 57.5 Å². The fraction of sp³-hybridized carbons (Fsp3) is 0.400. The lowest BCUT2D eigenvalue weighted by Gasteiger charge is -2.09. The van der Waals surface area contributed by atoms with E-state index >= 15 is 0 Å². The van der Waals surface area contributed by atoms with Crippen LogP contribution in [-0.4, -0.2) is 28.2 Å². The summed E-state index contributed by atoms with van der Waals surface area (Å²) in [5.41, 5.74) is 4.92. The van der Waals surface area contributed by atoms with Crippen molar-refractivity contribution in [3.63, 3.8) is 0 Å². The summed E-state index contributed by atoms with van der Waals surface area (Å²) in [7, 11) is 0. The third kappa shape index (κ3) is 2.02. The predicted octanol–water partition coefficient (Wildman–Crippen LogP) is -1.07. The van der Waals surface area contributed by atoms with E-state index in [1.54, 1.807) is 0 Å². The van der Waals surface area contributed by atoms with Gasteiger partial charge in [-0.1, -0.05) is 0 Å². The van der Waals surface area contributed by atoms with Gasteiger partial charge in [-0.25, -0.2) is 0 Å². The number of hydrogen-bond acceptors (Lipinski definition) is 3. The lowest BCUT2D eigenvalue weighted by atomic mass is 10.0. The maximum atomic E-state index is 10.0. The summed E-state index contributed by atoms with van der Waals surface area (Å²) < 4.78 is 0. The van der Waals surface area contributed by atoms with Crippen molar-refractivity contribution in [2.45, 2.75) is 6.04 Å². The first kappa shape index (κ1) is 8.90. The molecule has 0 unspecified atom stereocenters. The van der Waals surface area contributed by atoms with E-state index in [2.05, 4.69) is 6.92 Å². The number of aliphatic carboxylic acids is 2. The Morgan fingerprint density at radius 1 is 1.30 bits per heavy atom. The van der Waals surface area contributed by atoms with Gasteiger partial charge in [0, 0.05) is 0 Å². The molecule has 0 fully saturated rings. The van der Waals surface area contributed by atoms with Crippen LogP contribution in [0, 0.1) is 12.8 Å². The van der Waals surface area contributed by atoms with Gasteiger partial charge in [0.15, 0.2) is 0 Å². The number of rotatable bonds is 3. The summed E-state index contributed by atoms with van der Waals surface area (Å²) in [6.45, 7) is 3.05. The normalized spacial score (nSPS) is 15.8.